The molecule has 1 aliphatic heterocycles. The second-order valence-electron chi connectivity index (χ2n) is 7.26. The molecule has 5 rings (SSSR count). The highest BCUT2D eigenvalue weighted by atomic mass is 35.5. The molecular weight excluding hydrogens is 480 g/mol. The Morgan fingerprint density at radius 3 is 2.71 bits per heavy atom. The number of amides is 1. The Morgan fingerprint density at radius 2 is 1.94 bits per heavy atom. The quantitative estimate of drug-likeness (QED) is 0.379. The first kappa shape index (κ1) is 22.1. The molecule has 12 heteroatoms. The minimum atomic E-state index is -0.308. The van der Waals surface area contributed by atoms with Gasteiger partial charge < -0.3 is 25.0 Å². The van der Waals surface area contributed by atoms with Crippen LogP contribution in [0, 0.1) is 0 Å². The number of thioether (sulfide) groups is 1. The summed E-state index contributed by atoms with van der Waals surface area (Å²) in [6, 6.07) is 12.3. The molecule has 0 atom stereocenters. The van der Waals surface area contributed by atoms with Crippen LogP contribution in [-0.2, 0) is 11.3 Å². The Labute approximate surface area is 203 Å². The third-order valence-electron chi connectivity index (χ3n) is 5.01. The fourth-order valence-corrected chi connectivity index (χ4v) is 4.12. The van der Waals surface area contributed by atoms with Crippen LogP contribution in [-0.4, -0.2) is 45.3 Å². The number of anilines is 2. The van der Waals surface area contributed by atoms with Gasteiger partial charge in [0.05, 0.1) is 0 Å². The Hall–Kier alpha value is -3.70. The first-order valence-corrected chi connectivity index (χ1v) is 11.8. The maximum atomic E-state index is 12.7. The van der Waals surface area contributed by atoms with Crippen molar-refractivity contribution in [2.75, 3.05) is 30.5 Å². The SMILES string of the molecule is CSc1nn(CC(=O)Nc2ccc3c(c2)OCCO3)c(N)c1-c1nc(-c2ccc(Cl)cc2)no1. The normalized spacial score (nSPS) is 12.5. The smallest absolute Gasteiger partial charge is 0.264 e. The number of carbonyl (C=O) groups excluding carboxylic acids is 1. The monoisotopic (exact) mass is 498 g/mol. The minimum Gasteiger partial charge on any atom is -0.486 e. The Bertz CT molecular complexity index is 1350. The number of aromatic nitrogens is 4. The number of nitrogens with zero attached hydrogens (tertiary/aromatic N) is 4. The van der Waals surface area contributed by atoms with Crippen LogP contribution >= 0.6 is 23.4 Å². The summed E-state index contributed by atoms with van der Waals surface area (Å²) < 4.78 is 17.9. The van der Waals surface area contributed by atoms with Gasteiger partial charge in [-0.1, -0.05) is 16.8 Å². The molecule has 2 aromatic carbocycles. The second kappa shape index (κ2) is 9.27. The largest absolute Gasteiger partial charge is 0.486 e. The first-order chi connectivity index (χ1) is 16.5. The van der Waals surface area contributed by atoms with Gasteiger partial charge in [0.15, 0.2) is 11.5 Å². The first-order valence-electron chi connectivity index (χ1n) is 10.2. The molecule has 0 saturated heterocycles. The number of benzene rings is 2. The summed E-state index contributed by atoms with van der Waals surface area (Å²) in [5.41, 5.74) is 8.14. The number of nitrogens with two attached hydrogens (primary N) is 1. The molecule has 0 bridgehead atoms. The lowest BCUT2D eigenvalue weighted by Crippen LogP contribution is -2.21. The molecule has 2 aromatic heterocycles. The molecule has 10 nitrogen and oxygen atoms in total. The van der Waals surface area contributed by atoms with E-state index in [1.165, 1.54) is 16.4 Å². The summed E-state index contributed by atoms with van der Waals surface area (Å²) in [4.78, 5) is 17.2. The standard InChI is InChI=1S/C22H19ClN6O4S/c1-34-22-18(21-26-20(28-33-21)12-2-4-13(23)5-3-12)19(24)29(27-22)11-17(30)25-14-6-7-15-16(10-14)32-9-8-31-15/h2-7,10H,8-9,11,24H2,1H3,(H,25,30). The zero-order valence-corrected chi connectivity index (χ0v) is 19.5. The molecule has 0 spiro atoms. The predicted octanol–water partition coefficient (Wildman–Crippen LogP) is 3.97. The van der Waals surface area contributed by atoms with Crippen molar-refractivity contribution < 1.29 is 18.8 Å². The third kappa shape index (κ3) is 4.39. The van der Waals surface area contributed by atoms with E-state index >= 15 is 0 Å². The number of carbonyl (C=O) groups is 1. The lowest BCUT2D eigenvalue weighted by Gasteiger charge is -2.19. The van der Waals surface area contributed by atoms with E-state index in [4.69, 9.17) is 31.3 Å². The van der Waals surface area contributed by atoms with E-state index in [0.717, 1.165) is 5.56 Å². The van der Waals surface area contributed by atoms with Crippen molar-refractivity contribution in [2.24, 2.45) is 0 Å². The molecule has 34 heavy (non-hydrogen) atoms. The molecule has 0 saturated carbocycles. The van der Waals surface area contributed by atoms with Gasteiger partial charge in [0.1, 0.15) is 36.2 Å². The maximum absolute atomic E-state index is 12.7. The molecular formula is C22H19ClN6O4S. The van der Waals surface area contributed by atoms with Crippen molar-refractivity contribution in [2.45, 2.75) is 11.6 Å². The van der Waals surface area contributed by atoms with E-state index < -0.39 is 0 Å². The number of fused-ring (bicyclic) bond motifs is 1. The van der Waals surface area contributed by atoms with Gasteiger partial charge in [0.25, 0.3) is 5.89 Å². The molecule has 0 radical (unpaired) electrons. The maximum Gasteiger partial charge on any atom is 0.264 e. The van der Waals surface area contributed by atoms with Crippen LogP contribution in [0.3, 0.4) is 0 Å². The highest BCUT2D eigenvalue weighted by molar-refractivity contribution is 7.98. The summed E-state index contributed by atoms with van der Waals surface area (Å²) in [6.07, 6.45) is 1.85. The van der Waals surface area contributed by atoms with Crippen molar-refractivity contribution >= 4 is 40.8 Å². The van der Waals surface area contributed by atoms with Crippen molar-refractivity contribution in [3.05, 3.63) is 47.5 Å². The molecule has 0 aliphatic carbocycles. The molecule has 1 amide bonds. The number of ether oxygens (including phenoxy) is 2. The lowest BCUT2D eigenvalue weighted by atomic mass is 10.2. The van der Waals surface area contributed by atoms with Crippen molar-refractivity contribution in [3.63, 3.8) is 0 Å². The van der Waals surface area contributed by atoms with Crippen LogP contribution in [0.15, 0.2) is 52.0 Å². The zero-order valence-electron chi connectivity index (χ0n) is 17.9. The number of hydrogen-bond acceptors (Lipinski definition) is 9. The summed E-state index contributed by atoms with van der Waals surface area (Å²) >= 11 is 7.31. The van der Waals surface area contributed by atoms with E-state index in [1.54, 1.807) is 42.5 Å². The topological polar surface area (TPSA) is 130 Å². The van der Waals surface area contributed by atoms with Crippen LogP contribution in [0.5, 0.6) is 11.5 Å². The third-order valence-corrected chi connectivity index (χ3v) is 5.94. The number of nitrogens with one attached hydrogen (secondary N) is 1. The summed E-state index contributed by atoms with van der Waals surface area (Å²) in [7, 11) is 0. The summed E-state index contributed by atoms with van der Waals surface area (Å²) in [5, 5.41) is 12.5. The van der Waals surface area contributed by atoms with Crippen LogP contribution in [0.2, 0.25) is 5.02 Å². The van der Waals surface area contributed by atoms with E-state index in [2.05, 4.69) is 20.6 Å². The molecule has 3 heterocycles. The van der Waals surface area contributed by atoms with Gasteiger partial charge in [0, 0.05) is 22.3 Å². The average Bonchev–Trinajstić information content (AvgIpc) is 3.44. The minimum absolute atomic E-state index is 0.105. The zero-order chi connectivity index (χ0) is 23.7. The fraction of sp³-hybridized carbons (Fsp3) is 0.182. The Balaban J connectivity index is 1.35. The molecule has 0 fully saturated rings. The molecule has 174 valence electrons. The predicted molar refractivity (Wildman–Crippen MR) is 128 cm³/mol. The average molecular weight is 499 g/mol. The number of hydrogen-bond donors (Lipinski definition) is 2. The van der Waals surface area contributed by atoms with E-state index in [1.807, 2.05) is 6.26 Å². The van der Waals surface area contributed by atoms with Gasteiger partial charge in [-0.2, -0.15) is 10.1 Å². The summed E-state index contributed by atoms with van der Waals surface area (Å²) in [5.74, 6) is 1.77. The Morgan fingerprint density at radius 1 is 1.18 bits per heavy atom. The van der Waals surface area contributed by atoms with Gasteiger partial charge in [-0.3, -0.25) is 4.79 Å². The van der Waals surface area contributed by atoms with E-state index in [-0.39, 0.29) is 24.2 Å². The second-order valence-corrected chi connectivity index (χ2v) is 8.50. The molecule has 3 N–H and O–H groups in total. The van der Waals surface area contributed by atoms with Gasteiger partial charge in [0.2, 0.25) is 11.7 Å². The molecule has 4 aromatic rings. The van der Waals surface area contributed by atoms with Gasteiger partial charge >= 0.3 is 0 Å². The van der Waals surface area contributed by atoms with Gasteiger partial charge in [-0.05, 0) is 42.7 Å². The Kier molecular flexibility index (Phi) is 6.03. The number of nitrogen functional groups attached to an aromatic ring is 1. The summed E-state index contributed by atoms with van der Waals surface area (Å²) in [6.45, 7) is 0.856. The van der Waals surface area contributed by atoms with Crippen LogP contribution in [0.25, 0.3) is 22.8 Å². The van der Waals surface area contributed by atoms with E-state index in [9.17, 15) is 4.79 Å². The molecule has 0 unspecified atom stereocenters. The fourth-order valence-electron chi connectivity index (χ4n) is 3.42. The van der Waals surface area contributed by atoms with Crippen molar-refractivity contribution in [3.8, 4) is 34.3 Å². The van der Waals surface area contributed by atoms with Crippen LogP contribution in [0.1, 0.15) is 0 Å². The van der Waals surface area contributed by atoms with Crippen molar-refractivity contribution in [1.29, 1.82) is 0 Å². The highest BCUT2D eigenvalue weighted by Crippen LogP contribution is 2.35. The highest BCUT2D eigenvalue weighted by Gasteiger charge is 2.24. The van der Waals surface area contributed by atoms with Crippen LogP contribution < -0.4 is 20.5 Å². The molecule has 1 aliphatic rings. The number of halogens is 1. The van der Waals surface area contributed by atoms with Gasteiger partial charge in [-0.25, -0.2) is 4.68 Å². The van der Waals surface area contributed by atoms with Crippen molar-refractivity contribution in [1.82, 2.24) is 19.9 Å². The number of rotatable bonds is 6. The van der Waals surface area contributed by atoms with E-state index in [0.29, 0.717) is 51.8 Å². The van der Waals surface area contributed by atoms with Crippen LogP contribution in [0.4, 0.5) is 11.5 Å². The lowest BCUT2D eigenvalue weighted by molar-refractivity contribution is -0.116. The van der Waals surface area contributed by atoms with Gasteiger partial charge in [-0.15, -0.1) is 11.8 Å².